The molecule has 0 spiro atoms. The first kappa shape index (κ1) is 14.0. The van der Waals surface area contributed by atoms with Crippen LogP contribution in [0.3, 0.4) is 0 Å². The van der Waals surface area contributed by atoms with E-state index < -0.39 is 0 Å². The lowest BCUT2D eigenvalue weighted by molar-refractivity contribution is -0.120. The first-order valence-electron chi connectivity index (χ1n) is 5.51. The number of nitrogens with one attached hydrogen (secondary N) is 2. The molecule has 2 N–H and O–H groups in total. The van der Waals surface area contributed by atoms with E-state index in [0.717, 1.165) is 6.42 Å². The number of anilines is 1. The van der Waals surface area contributed by atoms with Gasteiger partial charge in [0.05, 0.1) is 11.0 Å². The molecule has 1 unspecified atom stereocenters. The summed E-state index contributed by atoms with van der Waals surface area (Å²) < 4.78 is 13.3. The van der Waals surface area contributed by atoms with E-state index in [2.05, 4.69) is 26.6 Å². The quantitative estimate of drug-likeness (QED) is 0.878. The topological polar surface area (TPSA) is 41.1 Å². The van der Waals surface area contributed by atoms with Gasteiger partial charge in [-0.1, -0.05) is 6.92 Å². The molecule has 0 radical (unpaired) electrons. The Bertz CT molecular complexity index is 398. The standard InChI is InChI=1S/C12H16BrFN2O/c1-3-8(2)16-12(17)7-15-9-4-5-11(14)10(13)6-9/h4-6,8,15H,3,7H2,1-2H3,(H,16,17). The van der Waals surface area contributed by atoms with Crippen molar-refractivity contribution in [2.75, 3.05) is 11.9 Å². The molecule has 1 aromatic carbocycles. The Hall–Kier alpha value is -1.10. The lowest BCUT2D eigenvalue weighted by atomic mass is 10.2. The summed E-state index contributed by atoms with van der Waals surface area (Å²) in [7, 11) is 0. The van der Waals surface area contributed by atoms with Gasteiger partial charge in [0.15, 0.2) is 0 Å². The molecule has 5 heteroatoms. The van der Waals surface area contributed by atoms with E-state index in [1.165, 1.54) is 6.07 Å². The minimum atomic E-state index is -0.320. The van der Waals surface area contributed by atoms with E-state index in [1.807, 2.05) is 13.8 Å². The number of rotatable bonds is 5. The second-order valence-corrected chi connectivity index (χ2v) is 4.71. The smallest absolute Gasteiger partial charge is 0.239 e. The van der Waals surface area contributed by atoms with Crippen molar-refractivity contribution in [1.82, 2.24) is 5.32 Å². The maximum atomic E-state index is 13.0. The van der Waals surface area contributed by atoms with Crippen molar-refractivity contribution >= 4 is 27.5 Å². The number of hydrogen-bond acceptors (Lipinski definition) is 2. The van der Waals surface area contributed by atoms with Crippen molar-refractivity contribution in [1.29, 1.82) is 0 Å². The van der Waals surface area contributed by atoms with Gasteiger partial charge in [-0.05, 0) is 47.5 Å². The van der Waals surface area contributed by atoms with Crippen LogP contribution in [0.4, 0.5) is 10.1 Å². The molecule has 0 aliphatic carbocycles. The summed E-state index contributed by atoms with van der Waals surface area (Å²) in [5.74, 6) is -0.389. The van der Waals surface area contributed by atoms with Gasteiger partial charge in [-0.2, -0.15) is 0 Å². The summed E-state index contributed by atoms with van der Waals surface area (Å²) in [5, 5.41) is 5.77. The number of benzene rings is 1. The van der Waals surface area contributed by atoms with Gasteiger partial charge in [-0.3, -0.25) is 4.79 Å². The van der Waals surface area contributed by atoms with Crippen LogP contribution in [-0.2, 0) is 4.79 Å². The number of halogens is 2. The predicted molar refractivity (Wildman–Crippen MR) is 70.5 cm³/mol. The molecule has 17 heavy (non-hydrogen) atoms. The van der Waals surface area contributed by atoms with Crippen molar-refractivity contribution in [3.8, 4) is 0 Å². The van der Waals surface area contributed by atoms with Crippen LogP contribution in [0.25, 0.3) is 0 Å². The summed E-state index contributed by atoms with van der Waals surface area (Å²) in [6, 6.07) is 4.71. The van der Waals surface area contributed by atoms with Gasteiger partial charge >= 0.3 is 0 Å². The minimum absolute atomic E-state index is 0.0696. The minimum Gasteiger partial charge on any atom is -0.376 e. The molecule has 1 rings (SSSR count). The van der Waals surface area contributed by atoms with Crippen LogP contribution in [0.1, 0.15) is 20.3 Å². The molecule has 0 heterocycles. The molecule has 94 valence electrons. The average molecular weight is 303 g/mol. The van der Waals surface area contributed by atoms with Gasteiger partial charge in [-0.25, -0.2) is 4.39 Å². The maximum Gasteiger partial charge on any atom is 0.239 e. The molecule has 0 aromatic heterocycles. The number of carbonyl (C=O) groups is 1. The van der Waals surface area contributed by atoms with Gasteiger partial charge in [0, 0.05) is 11.7 Å². The number of hydrogen-bond donors (Lipinski definition) is 2. The van der Waals surface area contributed by atoms with Crippen molar-refractivity contribution in [2.45, 2.75) is 26.3 Å². The van der Waals surface area contributed by atoms with E-state index in [-0.39, 0.29) is 24.3 Å². The first-order chi connectivity index (χ1) is 8.02. The fourth-order valence-corrected chi connectivity index (χ4v) is 1.60. The molecule has 0 fully saturated rings. The highest BCUT2D eigenvalue weighted by atomic mass is 79.9. The van der Waals surface area contributed by atoms with E-state index in [4.69, 9.17) is 0 Å². The molecule has 0 bridgehead atoms. The van der Waals surface area contributed by atoms with Crippen LogP contribution in [-0.4, -0.2) is 18.5 Å². The van der Waals surface area contributed by atoms with E-state index in [9.17, 15) is 9.18 Å². The van der Waals surface area contributed by atoms with Crippen molar-refractivity contribution in [3.63, 3.8) is 0 Å². The van der Waals surface area contributed by atoms with E-state index in [1.54, 1.807) is 12.1 Å². The third kappa shape index (κ3) is 4.73. The second kappa shape index (κ2) is 6.59. The molecule has 0 aliphatic rings. The predicted octanol–water partition coefficient (Wildman–Crippen LogP) is 2.91. The summed E-state index contributed by atoms with van der Waals surface area (Å²) in [6.07, 6.45) is 0.897. The summed E-state index contributed by atoms with van der Waals surface area (Å²) >= 11 is 3.09. The van der Waals surface area contributed by atoms with Crippen LogP contribution < -0.4 is 10.6 Å². The molecule has 0 saturated carbocycles. The zero-order valence-electron chi connectivity index (χ0n) is 9.89. The Morgan fingerprint density at radius 2 is 2.24 bits per heavy atom. The monoisotopic (exact) mass is 302 g/mol. The van der Waals surface area contributed by atoms with Crippen LogP contribution in [0.5, 0.6) is 0 Å². The lowest BCUT2D eigenvalue weighted by Gasteiger charge is -2.12. The summed E-state index contributed by atoms with van der Waals surface area (Å²) in [4.78, 5) is 11.5. The van der Waals surface area contributed by atoms with Crippen LogP contribution in [0.15, 0.2) is 22.7 Å². The van der Waals surface area contributed by atoms with Gasteiger partial charge in [-0.15, -0.1) is 0 Å². The highest BCUT2D eigenvalue weighted by molar-refractivity contribution is 9.10. The van der Waals surface area contributed by atoms with Crippen LogP contribution in [0.2, 0.25) is 0 Å². The summed E-state index contributed by atoms with van der Waals surface area (Å²) in [5.41, 5.74) is 0.706. The molecule has 1 amide bonds. The summed E-state index contributed by atoms with van der Waals surface area (Å²) in [6.45, 7) is 4.14. The van der Waals surface area contributed by atoms with E-state index in [0.29, 0.717) is 10.2 Å². The van der Waals surface area contributed by atoms with E-state index >= 15 is 0 Å². The fourth-order valence-electron chi connectivity index (χ4n) is 1.22. The van der Waals surface area contributed by atoms with Crippen LogP contribution >= 0.6 is 15.9 Å². The van der Waals surface area contributed by atoms with Gasteiger partial charge < -0.3 is 10.6 Å². The largest absolute Gasteiger partial charge is 0.376 e. The highest BCUT2D eigenvalue weighted by Crippen LogP contribution is 2.19. The Morgan fingerprint density at radius 1 is 1.53 bits per heavy atom. The lowest BCUT2D eigenvalue weighted by Crippen LogP contribution is -2.36. The zero-order chi connectivity index (χ0) is 12.8. The normalized spacial score (nSPS) is 12.0. The van der Waals surface area contributed by atoms with Gasteiger partial charge in [0.25, 0.3) is 0 Å². The average Bonchev–Trinajstić information content (AvgIpc) is 2.30. The maximum absolute atomic E-state index is 13.0. The fraction of sp³-hybridized carbons (Fsp3) is 0.417. The molecular formula is C12H16BrFN2O. The molecular weight excluding hydrogens is 287 g/mol. The third-order valence-corrected chi connectivity index (χ3v) is 3.00. The van der Waals surface area contributed by atoms with Crippen molar-refractivity contribution < 1.29 is 9.18 Å². The Labute approximate surface area is 109 Å². The van der Waals surface area contributed by atoms with Crippen LogP contribution in [0, 0.1) is 5.82 Å². The number of amides is 1. The zero-order valence-corrected chi connectivity index (χ0v) is 11.5. The van der Waals surface area contributed by atoms with Gasteiger partial charge in [0.2, 0.25) is 5.91 Å². The third-order valence-electron chi connectivity index (χ3n) is 2.39. The molecule has 0 aliphatic heterocycles. The Kier molecular flexibility index (Phi) is 5.41. The molecule has 1 atom stereocenters. The Morgan fingerprint density at radius 3 is 2.82 bits per heavy atom. The molecule has 1 aromatic rings. The first-order valence-corrected chi connectivity index (χ1v) is 6.30. The van der Waals surface area contributed by atoms with Gasteiger partial charge in [0.1, 0.15) is 5.82 Å². The van der Waals surface area contributed by atoms with Crippen molar-refractivity contribution in [3.05, 3.63) is 28.5 Å². The number of carbonyl (C=O) groups excluding carboxylic acids is 1. The Balaban J connectivity index is 2.45. The molecule has 3 nitrogen and oxygen atoms in total. The second-order valence-electron chi connectivity index (χ2n) is 3.86. The van der Waals surface area contributed by atoms with Crippen molar-refractivity contribution in [2.24, 2.45) is 0 Å². The molecule has 0 saturated heterocycles. The highest BCUT2D eigenvalue weighted by Gasteiger charge is 2.05. The SMILES string of the molecule is CCC(C)NC(=O)CNc1ccc(F)c(Br)c1.